The Labute approximate surface area is 39.8 Å². The quantitative estimate of drug-likeness (QED) is 0.470. The number of hydrogen-bond acceptors (Lipinski definition) is 2. The molecule has 7 heavy (non-hydrogen) atoms. The highest BCUT2D eigenvalue weighted by molar-refractivity contribution is 6.01. The standard InChI is InChI=1S/C4H4FNO/c5-4-2(6)1-3(4)7/h1,6H2. The van der Waals surface area contributed by atoms with Gasteiger partial charge in [-0.1, -0.05) is 0 Å². The second kappa shape index (κ2) is 1.05. The van der Waals surface area contributed by atoms with Crippen LogP contribution in [0.5, 0.6) is 0 Å². The van der Waals surface area contributed by atoms with E-state index in [-0.39, 0.29) is 12.1 Å². The SMILES string of the molecule is NC1=C(F)C(=O)C1. The predicted molar refractivity (Wildman–Crippen MR) is 21.9 cm³/mol. The molecule has 0 aromatic carbocycles. The summed E-state index contributed by atoms with van der Waals surface area (Å²) in [6, 6.07) is 0. The number of allylic oxidation sites excluding steroid dienone is 2. The van der Waals surface area contributed by atoms with Crippen molar-refractivity contribution in [1.82, 2.24) is 0 Å². The average Bonchev–Trinajstić information content (AvgIpc) is 1.68. The van der Waals surface area contributed by atoms with Crippen LogP contribution in [-0.2, 0) is 4.79 Å². The largest absolute Gasteiger partial charge is 0.399 e. The van der Waals surface area contributed by atoms with E-state index in [1.165, 1.54) is 0 Å². The zero-order valence-corrected chi connectivity index (χ0v) is 3.57. The van der Waals surface area contributed by atoms with Crippen LogP contribution in [0.1, 0.15) is 6.42 Å². The van der Waals surface area contributed by atoms with E-state index in [0.717, 1.165) is 0 Å². The van der Waals surface area contributed by atoms with Gasteiger partial charge in [-0.2, -0.15) is 0 Å². The zero-order chi connectivity index (χ0) is 5.44. The van der Waals surface area contributed by atoms with Crippen molar-refractivity contribution in [2.45, 2.75) is 6.42 Å². The summed E-state index contributed by atoms with van der Waals surface area (Å²) in [5, 5.41) is 0. The molecule has 0 bridgehead atoms. The molecule has 2 N–H and O–H groups in total. The highest BCUT2D eigenvalue weighted by atomic mass is 19.1. The number of Topliss-reactive ketones (excluding diaryl/α,β-unsaturated/α-hetero) is 1. The third kappa shape index (κ3) is 0.408. The first kappa shape index (κ1) is 4.30. The number of ketones is 1. The van der Waals surface area contributed by atoms with Crippen molar-refractivity contribution >= 4 is 5.78 Å². The Morgan fingerprint density at radius 1 is 1.71 bits per heavy atom. The van der Waals surface area contributed by atoms with E-state index in [9.17, 15) is 9.18 Å². The normalized spacial score (nSPS) is 19.9. The molecule has 0 amide bonds. The van der Waals surface area contributed by atoms with Gasteiger partial charge in [-0.15, -0.1) is 0 Å². The van der Waals surface area contributed by atoms with E-state index in [0.29, 0.717) is 0 Å². The molecule has 0 spiro atoms. The fraction of sp³-hybridized carbons (Fsp3) is 0.250. The van der Waals surface area contributed by atoms with Crippen molar-refractivity contribution < 1.29 is 9.18 Å². The van der Waals surface area contributed by atoms with Crippen molar-refractivity contribution in [3.8, 4) is 0 Å². The average molecular weight is 101 g/mol. The van der Waals surface area contributed by atoms with Crippen LogP contribution in [0.3, 0.4) is 0 Å². The van der Waals surface area contributed by atoms with E-state index in [4.69, 9.17) is 5.73 Å². The van der Waals surface area contributed by atoms with Gasteiger partial charge in [-0.25, -0.2) is 4.39 Å². The van der Waals surface area contributed by atoms with Crippen molar-refractivity contribution in [2.75, 3.05) is 0 Å². The third-order valence-corrected chi connectivity index (χ3v) is 0.878. The minimum Gasteiger partial charge on any atom is -0.399 e. The van der Waals surface area contributed by atoms with Gasteiger partial charge >= 0.3 is 0 Å². The molecule has 0 aromatic heterocycles. The first-order valence-corrected chi connectivity index (χ1v) is 1.89. The molecule has 0 aliphatic heterocycles. The van der Waals surface area contributed by atoms with E-state index < -0.39 is 11.6 Å². The maximum atomic E-state index is 11.7. The Morgan fingerprint density at radius 3 is 2.29 bits per heavy atom. The molecule has 3 heteroatoms. The van der Waals surface area contributed by atoms with Crippen molar-refractivity contribution in [1.29, 1.82) is 0 Å². The topological polar surface area (TPSA) is 43.1 Å². The van der Waals surface area contributed by atoms with Gasteiger partial charge in [0.15, 0.2) is 11.6 Å². The van der Waals surface area contributed by atoms with Crippen LogP contribution in [0.4, 0.5) is 4.39 Å². The Morgan fingerprint density at radius 2 is 2.29 bits per heavy atom. The van der Waals surface area contributed by atoms with E-state index in [1.54, 1.807) is 0 Å². The third-order valence-electron chi connectivity index (χ3n) is 0.878. The summed E-state index contributed by atoms with van der Waals surface area (Å²) in [4.78, 5) is 9.93. The summed E-state index contributed by atoms with van der Waals surface area (Å²) in [6.45, 7) is 0. The van der Waals surface area contributed by atoms with Crippen LogP contribution >= 0.6 is 0 Å². The fourth-order valence-electron chi connectivity index (χ4n) is 0.401. The van der Waals surface area contributed by atoms with Crippen LogP contribution in [-0.4, -0.2) is 5.78 Å². The first-order valence-electron chi connectivity index (χ1n) is 1.89. The van der Waals surface area contributed by atoms with Gasteiger partial charge in [0.05, 0.1) is 12.1 Å². The van der Waals surface area contributed by atoms with Gasteiger partial charge in [0.2, 0.25) is 0 Å². The molecule has 0 saturated heterocycles. The van der Waals surface area contributed by atoms with E-state index in [1.807, 2.05) is 0 Å². The van der Waals surface area contributed by atoms with Gasteiger partial charge < -0.3 is 5.73 Å². The van der Waals surface area contributed by atoms with Crippen LogP contribution in [0.2, 0.25) is 0 Å². The summed E-state index contributed by atoms with van der Waals surface area (Å²) in [5.74, 6) is -1.22. The van der Waals surface area contributed by atoms with Crippen LogP contribution in [0.15, 0.2) is 11.5 Å². The maximum Gasteiger partial charge on any atom is 0.198 e. The summed E-state index contributed by atoms with van der Waals surface area (Å²) >= 11 is 0. The van der Waals surface area contributed by atoms with E-state index in [2.05, 4.69) is 0 Å². The molecule has 1 aliphatic rings. The predicted octanol–water partition coefficient (Wildman–Crippen LogP) is 0.0990. The maximum absolute atomic E-state index is 11.7. The lowest BCUT2D eigenvalue weighted by Gasteiger charge is -2.08. The minimum atomic E-state index is -0.750. The molecule has 0 fully saturated rings. The number of nitrogens with two attached hydrogens (primary N) is 1. The van der Waals surface area contributed by atoms with Gasteiger partial charge in [0.1, 0.15) is 0 Å². The molecule has 0 unspecified atom stereocenters. The summed E-state index contributed by atoms with van der Waals surface area (Å²) in [6.07, 6.45) is 0.103. The molecule has 1 aliphatic carbocycles. The molecule has 0 saturated carbocycles. The van der Waals surface area contributed by atoms with Crippen LogP contribution in [0, 0.1) is 0 Å². The smallest absolute Gasteiger partial charge is 0.198 e. The van der Waals surface area contributed by atoms with Gasteiger partial charge in [-0.05, 0) is 0 Å². The number of halogens is 1. The molecule has 1 rings (SSSR count). The van der Waals surface area contributed by atoms with Crippen molar-refractivity contribution in [3.05, 3.63) is 11.5 Å². The van der Waals surface area contributed by atoms with Crippen molar-refractivity contribution in [3.63, 3.8) is 0 Å². The summed E-state index contributed by atoms with van der Waals surface area (Å²) in [7, 11) is 0. The second-order valence-corrected chi connectivity index (χ2v) is 1.44. The molecule has 2 nitrogen and oxygen atoms in total. The Kier molecular flexibility index (Phi) is 0.648. The van der Waals surface area contributed by atoms with Crippen molar-refractivity contribution in [2.24, 2.45) is 5.73 Å². The Bertz CT molecular complexity index is 150. The summed E-state index contributed by atoms with van der Waals surface area (Å²) in [5.41, 5.74) is 4.98. The number of hydrogen-bond donors (Lipinski definition) is 1. The Balaban J connectivity index is 2.85. The number of rotatable bonds is 0. The van der Waals surface area contributed by atoms with E-state index >= 15 is 0 Å². The fourth-order valence-corrected chi connectivity index (χ4v) is 0.401. The second-order valence-electron chi connectivity index (χ2n) is 1.44. The lowest BCUT2D eigenvalue weighted by molar-refractivity contribution is -0.118. The molecule has 0 heterocycles. The molecular formula is C4H4FNO. The zero-order valence-electron chi connectivity index (χ0n) is 3.57. The van der Waals surface area contributed by atoms with Gasteiger partial charge in [0.25, 0.3) is 0 Å². The number of carbonyl (C=O) groups excluding carboxylic acids is 1. The van der Waals surface area contributed by atoms with Crippen LogP contribution in [0.25, 0.3) is 0 Å². The summed E-state index contributed by atoms with van der Waals surface area (Å²) < 4.78 is 11.7. The lowest BCUT2D eigenvalue weighted by Crippen LogP contribution is -2.20. The van der Waals surface area contributed by atoms with Gasteiger partial charge in [0, 0.05) is 0 Å². The van der Waals surface area contributed by atoms with Gasteiger partial charge in [-0.3, -0.25) is 4.79 Å². The minimum absolute atomic E-state index is 0.0880. The monoisotopic (exact) mass is 101 g/mol. The lowest BCUT2D eigenvalue weighted by atomic mass is 10.0. The number of carbonyl (C=O) groups is 1. The Hall–Kier alpha value is -0.860. The first-order chi connectivity index (χ1) is 3.22. The van der Waals surface area contributed by atoms with Crippen LogP contribution < -0.4 is 5.73 Å². The molecule has 0 atom stereocenters. The molecule has 38 valence electrons. The molecule has 0 radical (unpaired) electrons. The highest BCUT2D eigenvalue weighted by Crippen LogP contribution is 2.19. The molecule has 0 aromatic rings. The molecular weight excluding hydrogens is 97.0 g/mol. The highest BCUT2D eigenvalue weighted by Gasteiger charge is 2.24.